The summed E-state index contributed by atoms with van der Waals surface area (Å²) in [7, 11) is 3.09. The van der Waals surface area contributed by atoms with E-state index in [1.54, 1.807) is 19.3 Å². The molecule has 5 atom stereocenters. The molecule has 1 N–H and O–H groups in total. The van der Waals surface area contributed by atoms with E-state index in [0.717, 1.165) is 5.56 Å². The maximum absolute atomic E-state index is 12.9. The van der Waals surface area contributed by atoms with Crippen molar-refractivity contribution < 1.29 is 33.3 Å². The maximum atomic E-state index is 12.9. The van der Waals surface area contributed by atoms with Crippen LogP contribution in [-0.4, -0.2) is 63.5 Å². The van der Waals surface area contributed by atoms with Crippen molar-refractivity contribution in [2.75, 3.05) is 27.4 Å². The van der Waals surface area contributed by atoms with Gasteiger partial charge < -0.3 is 24.3 Å². The number of methoxy groups -OCH3 is 2. The Morgan fingerprint density at radius 1 is 0.857 bits per heavy atom. The van der Waals surface area contributed by atoms with Gasteiger partial charge in [0, 0.05) is 38.9 Å². The van der Waals surface area contributed by atoms with E-state index in [1.807, 2.05) is 56.3 Å². The Bertz CT molecular complexity index is 868. The standard InChI is InChI=1S/C27H37NO7/c1-19-10-8-14-25(29)28-22(16-21-12-6-5-7-13-21)27(31)35-18-24(33-4)20(2)11-9-15-26(30)34-17-23(19)32-3/h5-13,19-20,22-24H,14-18H2,1-4H3,(H,28,29)/b10-8-,11-9-/t19-,20+,22+,23-,24+/m1/s1. The first-order valence-corrected chi connectivity index (χ1v) is 11.9. The molecule has 0 saturated heterocycles. The highest BCUT2D eigenvalue weighted by Gasteiger charge is 2.25. The Hall–Kier alpha value is -2.97. The molecule has 0 unspecified atom stereocenters. The Kier molecular flexibility index (Phi) is 12.2. The summed E-state index contributed by atoms with van der Waals surface area (Å²) < 4.78 is 21.8. The van der Waals surface area contributed by atoms with Gasteiger partial charge in [-0.05, 0) is 5.56 Å². The Balaban J connectivity index is 2.21. The highest BCUT2D eigenvalue weighted by atomic mass is 16.6. The molecule has 1 aliphatic rings. The second-order valence-electron chi connectivity index (χ2n) is 8.65. The van der Waals surface area contributed by atoms with Crippen LogP contribution in [0.3, 0.4) is 0 Å². The van der Waals surface area contributed by atoms with Crippen molar-refractivity contribution in [2.45, 2.75) is 51.4 Å². The van der Waals surface area contributed by atoms with Crippen LogP contribution in [0.25, 0.3) is 0 Å². The molecule has 0 spiro atoms. The first-order valence-electron chi connectivity index (χ1n) is 11.9. The van der Waals surface area contributed by atoms with Crippen molar-refractivity contribution in [2.24, 2.45) is 11.8 Å². The molecule has 1 heterocycles. The van der Waals surface area contributed by atoms with Gasteiger partial charge in [0.05, 0.1) is 18.6 Å². The predicted octanol–water partition coefficient (Wildman–Crippen LogP) is 3.01. The zero-order valence-corrected chi connectivity index (χ0v) is 21.0. The van der Waals surface area contributed by atoms with Crippen molar-refractivity contribution in [3.05, 3.63) is 60.2 Å². The number of carbonyl (C=O) groups is 3. The van der Waals surface area contributed by atoms with Gasteiger partial charge in [-0.1, -0.05) is 68.5 Å². The van der Waals surface area contributed by atoms with Crippen molar-refractivity contribution in [1.29, 1.82) is 0 Å². The fourth-order valence-corrected chi connectivity index (χ4v) is 3.68. The highest BCUT2D eigenvalue weighted by Crippen LogP contribution is 2.14. The molecule has 8 heteroatoms. The minimum Gasteiger partial charge on any atom is -0.463 e. The minimum absolute atomic E-state index is 0.0133. The lowest BCUT2D eigenvalue weighted by molar-refractivity contribution is -0.151. The number of ether oxygens (including phenoxy) is 4. The molecule has 0 saturated carbocycles. The van der Waals surface area contributed by atoms with Crippen molar-refractivity contribution in [1.82, 2.24) is 5.32 Å². The minimum atomic E-state index is -0.834. The molecular weight excluding hydrogens is 450 g/mol. The van der Waals surface area contributed by atoms with Gasteiger partial charge in [0.15, 0.2) is 0 Å². The summed E-state index contributed by atoms with van der Waals surface area (Å²) in [5.74, 6) is -1.41. The summed E-state index contributed by atoms with van der Waals surface area (Å²) in [6.45, 7) is 3.95. The van der Waals surface area contributed by atoms with Crippen LogP contribution < -0.4 is 5.32 Å². The quantitative estimate of drug-likeness (QED) is 0.515. The molecule has 0 bridgehead atoms. The van der Waals surface area contributed by atoms with E-state index in [0.29, 0.717) is 6.42 Å². The summed E-state index contributed by atoms with van der Waals surface area (Å²) in [6, 6.07) is 8.61. The van der Waals surface area contributed by atoms with Crippen molar-refractivity contribution in [3.63, 3.8) is 0 Å². The molecule has 0 aromatic heterocycles. The predicted molar refractivity (Wildman–Crippen MR) is 131 cm³/mol. The number of benzene rings is 1. The van der Waals surface area contributed by atoms with E-state index in [9.17, 15) is 14.4 Å². The third-order valence-corrected chi connectivity index (χ3v) is 5.95. The molecule has 1 aliphatic heterocycles. The molecule has 2 rings (SSSR count). The van der Waals surface area contributed by atoms with Gasteiger partial charge in [0.1, 0.15) is 19.3 Å². The number of carbonyl (C=O) groups excluding carboxylic acids is 3. The van der Waals surface area contributed by atoms with Gasteiger partial charge in [-0.25, -0.2) is 4.79 Å². The van der Waals surface area contributed by atoms with E-state index in [2.05, 4.69) is 5.32 Å². The zero-order valence-electron chi connectivity index (χ0n) is 21.0. The number of amides is 1. The second kappa shape index (κ2) is 15.1. The van der Waals surface area contributed by atoms with Gasteiger partial charge in [-0.2, -0.15) is 0 Å². The SMILES string of the molecule is CO[C@H]1COC(=O)[C@H](Cc2ccccc2)NC(=O)C/C=C\[C@@H](C)[C@H](OC)COC(=O)C/C=C\[C@@H]1C. The fraction of sp³-hybridized carbons (Fsp3) is 0.519. The lowest BCUT2D eigenvalue weighted by Crippen LogP contribution is -2.44. The average Bonchev–Trinajstić information content (AvgIpc) is 2.84. The number of cyclic esters (lactones) is 2. The van der Waals surface area contributed by atoms with Gasteiger partial charge in [-0.15, -0.1) is 0 Å². The highest BCUT2D eigenvalue weighted by molar-refractivity contribution is 5.85. The van der Waals surface area contributed by atoms with E-state index in [4.69, 9.17) is 18.9 Å². The smallest absolute Gasteiger partial charge is 0.329 e. The molecule has 0 aliphatic carbocycles. The van der Waals surface area contributed by atoms with Crippen LogP contribution in [0.1, 0.15) is 32.3 Å². The normalized spacial score (nSPS) is 29.5. The number of rotatable bonds is 4. The van der Waals surface area contributed by atoms with E-state index in [-0.39, 0.29) is 55.9 Å². The Morgan fingerprint density at radius 2 is 1.43 bits per heavy atom. The molecular formula is C27H37NO7. The molecule has 192 valence electrons. The van der Waals surface area contributed by atoms with E-state index >= 15 is 0 Å². The Labute approximate surface area is 207 Å². The van der Waals surface area contributed by atoms with E-state index < -0.39 is 18.1 Å². The summed E-state index contributed by atoms with van der Waals surface area (Å²) in [5.41, 5.74) is 0.907. The first-order chi connectivity index (χ1) is 16.8. The number of esters is 2. The second-order valence-corrected chi connectivity index (χ2v) is 8.65. The molecule has 8 nitrogen and oxygen atoms in total. The van der Waals surface area contributed by atoms with Gasteiger partial charge in [0.25, 0.3) is 0 Å². The van der Waals surface area contributed by atoms with E-state index in [1.165, 1.54) is 7.11 Å². The maximum Gasteiger partial charge on any atom is 0.329 e. The topological polar surface area (TPSA) is 100 Å². The summed E-state index contributed by atoms with van der Waals surface area (Å²) in [4.78, 5) is 37.7. The zero-order chi connectivity index (χ0) is 25.6. The molecule has 0 fully saturated rings. The van der Waals surface area contributed by atoms with Gasteiger partial charge >= 0.3 is 11.9 Å². The summed E-state index contributed by atoms with van der Waals surface area (Å²) in [6.07, 6.45) is 6.86. The fourth-order valence-electron chi connectivity index (χ4n) is 3.68. The molecule has 0 radical (unpaired) electrons. The number of hydrogen-bond acceptors (Lipinski definition) is 7. The van der Waals surface area contributed by atoms with Crippen LogP contribution in [0.4, 0.5) is 0 Å². The van der Waals surface area contributed by atoms with Crippen LogP contribution in [0, 0.1) is 11.8 Å². The molecule has 1 amide bonds. The van der Waals surface area contributed by atoms with Crippen molar-refractivity contribution in [3.8, 4) is 0 Å². The lowest BCUT2D eigenvalue weighted by Gasteiger charge is -2.22. The van der Waals surface area contributed by atoms with Gasteiger partial charge in [0.2, 0.25) is 5.91 Å². The first kappa shape index (κ1) is 28.3. The van der Waals surface area contributed by atoms with Crippen LogP contribution in [0.2, 0.25) is 0 Å². The van der Waals surface area contributed by atoms with Crippen LogP contribution in [0.5, 0.6) is 0 Å². The molecule has 1 aromatic carbocycles. The van der Waals surface area contributed by atoms with Crippen LogP contribution in [0.15, 0.2) is 54.6 Å². The third kappa shape index (κ3) is 10.0. The largest absolute Gasteiger partial charge is 0.463 e. The van der Waals surface area contributed by atoms with Crippen LogP contribution >= 0.6 is 0 Å². The average molecular weight is 488 g/mol. The number of hydrogen-bond donors (Lipinski definition) is 1. The van der Waals surface area contributed by atoms with Gasteiger partial charge in [-0.3, -0.25) is 9.59 Å². The summed E-state index contributed by atoms with van der Waals surface area (Å²) >= 11 is 0. The van der Waals surface area contributed by atoms with Crippen molar-refractivity contribution >= 4 is 17.8 Å². The Morgan fingerprint density at radius 3 is 2.03 bits per heavy atom. The van der Waals surface area contributed by atoms with Crippen LogP contribution in [-0.2, 0) is 39.8 Å². The molecule has 35 heavy (non-hydrogen) atoms. The monoisotopic (exact) mass is 487 g/mol. The molecule has 1 aromatic rings. The summed E-state index contributed by atoms with van der Waals surface area (Å²) in [5, 5.41) is 2.80. The lowest BCUT2D eigenvalue weighted by atomic mass is 10.0. The number of nitrogens with one attached hydrogen (secondary N) is 1. The third-order valence-electron chi connectivity index (χ3n) is 5.95.